The van der Waals surface area contributed by atoms with E-state index in [9.17, 15) is 14.4 Å². The van der Waals surface area contributed by atoms with Crippen LogP contribution in [-0.4, -0.2) is 22.3 Å². The van der Waals surface area contributed by atoms with E-state index >= 15 is 0 Å². The summed E-state index contributed by atoms with van der Waals surface area (Å²) >= 11 is 0. The van der Waals surface area contributed by atoms with E-state index in [1.165, 1.54) is 10.7 Å². The highest BCUT2D eigenvalue weighted by molar-refractivity contribution is 6.07. The number of nitrogens with zero attached hydrogens (tertiary/aromatic N) is 2. The minimum Gasteiger partial charge on any atom is -0.484 e. The lowest BCUT2D eigenvalue weighted by Crippen LogP contribution is -2.21. The Bertz CT molecular complexity index is 1640. The van der Waals surface area contributed by atoms with Gasteiger partial charge in [0, 0.05) is 22.9 Å². The van der Waals surface area contributed by atoms with Crippen LogP contribution in [0.4, 0.5) is 0 Å². The smallest absolute Gasteiger partial charge is 0.347 e. The predicted molar refractivity (Wildman–Crippen MR) is 118 cm³/mol. The first kappa shape index (κ1) is 19.7. The Kier molecular flexibility index (Phi) is 4.62. The van der Waals surface area contributed by atoms with Crippen molar-refractivity contribution in [1.82, 2.24) is 9.78 Å². The molecule has 0 bridgehead atoms. The summed E-state index contributed by atoms with van der Waals surface area (Å²) in [6.07, 6.45) is 0.462. The first-order valence-electron chi connectivity index (χ1n) is 10.1. The molecule has 8 heteroatoms. The van der Waals surface area contributed by atoms with Crippen LogP contribution in [0.1, 0.15) is 23.0 Å². The molecule has 5 rings (SSSR count). The second-order valence-corrected chi connectivity index (χ2v) is 7.41. The lowest BCUT2D eigenvalue weighted by atomic mass is 10.1. The van der Waals surface area contributed by atoms with Crippen molar-refractivity contribution in [1.29, 1.82) is 0 Å². The van der Waals surface area contributed by atoms with Crippen LogP contribution in [0.5, 0.6) is 5.75 Å². The fourth-order valence-corrected chi connectivity index (χ4v) is 3.86. The Morgan fingerprint density at radius 3 is 2.66 bits per heavy atom. The van der Waals surface area contributed by atoms with Gasteiger partial charge < -0.3 is 13.6 Å². The molecule has 0 fully saturated rings. The van der Waals surface area contributed by atoms with E-state index in [-0.39, 0.29) is 6.61 Å². The molecule has 0 N–H and O–H groups in total. The van der Waals surface area contributed by atoms with Gasteiger partial charge in [-0.25, -0.2) is 9.59 Å². The van der Waals surface area contributed by atoms with Crippen LogP contribution in [-0.2, 0) is 6.42 Å². The number of para-hydroxylation sites is 1. The van der Waals surface area contributed by atoms with Gasteiger partial charge in [-0.2, -0.15) is 9.78 Å². The second kappa shape index (κ2) is 7.49. The summed E-state index contributed by atoms with van der Waals surface area (Å²) in [7, 11) is 0. The van der Waals surface area contributed by atoms with E-state index in [4.69, 9.17) is 13.6 Å². The Labute approximate surface area is 180 Å². The fraction of sp³-hybridized carbons (Fsp3) is 0.167. The number of carbonyl (C=O) groups is 1. The SMILES string of the molecule is CCc1nn(C(=O)COc2ccc3c(C)cc(=O)oc3c2)c2c1c(=O)oc1ccccc12. The highest BCUT2D eigenvalue weighted by Crippen LogP contribution is 2.26. The van der Waals surface area contributed by atoms with Crippen molar-refractivity contribution in [2.45, 2.75) is 20.3 Å². The topological polar surface area (TPSA) is 105 Å². The lowest BCUT2D eigenvalue weighted by molar-refractivity contribution is 0.0827. The number of aromatic nitrogens is 2. The number of fused-ring (bicyclic) bond motifs is 4. The summed E-state index contributed by atoms with van der Waals surface area (Å²) < 4.78 is 17.5. The lowest BCUT2D eigenvalue weighted by Gasteiger charge is -2.08. The molecule has 2 aromatic carbocycles. The Hall–Kier alpha value is -4.20. The van der Waals surface area contributed by atoms with E-state index in [0.717, 1.165) is 10.9 Å². The number of hydrogen-bond donors (Lipinski definition) is 0. The Morgan fingerprint density at radius 2 is 1.84 bits per heavy atom. The van der Waals surface area contributed by atoms with Crippen molar-refractivity contribution in [3.8, 4) is 5.75 Å². The highest BCUT2D eigenvalue weighted by atomic mass is 16.5. The van der Waals surface area contributed by atoms with Crippen molar-refractivity contribution in [3.05, 3.63) is 80.6 Å². The van der Waals surface area contributed by atoms with Crippen LogP contribution in [0.2, 0.25) is 0 Å². The zero-order chi connectivity index (χ0) is 22.4. The van der Waals surface area contributed by atoms with Gasteiger partial charge in [0.15, 0.2) is 6.61 Å². The van der Waals surface area contributed by atoms with E-state index in [1.54, 1.807) is 42.5 Å². The molecule has 0 saturated heterocycles. The average Bonchev–Trinajstić information content (AvgIpc) is 3.18. The van der Waals surface area contributed by atoms with Gasteiger partial charge in [-0.05, 0) is 43.2 Å². The summed E-state index contributed by atoms with van der Waals surface area (Å²) in [4.78, 5) is 37.3. The molecule has 32 heavy (non-hydrogen) atoms. The molecule has 160 valence electrons. The van der Waals surface area contributed by atoms with Crippen LogP contribution in [0.25, 0.3) is 32.8 Å². The van der Waals surface area contributed by atoms with Gasteiger partial charge in [-0.1, -0.05) is 19.1 Å². The first-order chi connectivity index (χ1) is 15.5. The quantitative estimate of drug-likeness (QED) is 0.399. The number of hydrogen-bond acceptors (Lipinski definition) is 7. The number of benzene rings is 2. The van der Waals surface area contributed by atoms with Crippen LogP contribution in [0, 0.1) is 6.92 Å². The summed E-state index contributed by atoms with van der Waals surface area (Å²) in [5.74, 6) is -0.0765. The highest BCUT2D eigenvalue weighted by Gasteiger charge is 2.21. The van der Waals surface area contributed by atoms with E-state index in [0.29, 0.717) is 45.3 Å². The van der Waals surface area contributed by atoms with Crippen molar-refractivity contribution < 1.29 is 18.4 Å². The van der Waals surface area contributed by atoms with E-state index in [2.05, 4.69) is 5.10 Å². The molecule has 0 atom stereocenters. The summed E-state index contributed by atoms with van der Waals surface area (Å²) in [5, 5.41) is 6.07. The third kappa shape index (κ3) is 3.17. The Balaban J connectivity index is 1.54. The zero-order valence-electron chi connectivity index (χ0n) is 17.4. The largest absolute Gasteiger partial charge is 0.484 e. The van der Waals surface area contributed by atoms with Crippen molar-refractivity contribution in [2.75, 3.05) is 6.61 Å². The summed E-state index contributed by atoms with van der Waals surface area (Å²) in [6, 6.07) is 13.5. The zero-order valence-corrected chi connectivity index (χ0v) is 17.4. The molecule has 0 amide bonds. The van der Waals surface area contributed by atoms with Crippen molar-refractivity contribution in [3.63, 3.8) is 0 Å². The predicted octanol–water partition coefficient (Wildman–Crippen LogP) is 3.84. The van der Waals surface area contributed by atoms with E-state index < -0.39 is 17.2 Å². The fourth-order valence-electron chi connectivity index (χ4n) is 3.86. The molecule has 0 radical (unpaired) electrons. The summed E-state index contributed by atoms with van der Waals surface area (Å²) in [5.41, 5.74) is 1.45. The van der Waals surface area contributed by atoms with Crippen molar-refractivity contribution in [2.24, 2.45) is 0 Å². The maximum absolute atomic E-state index is 13.1. The van der Waals surface area contributed by atoms with Gasteiger partial charge in [-0.3, -0.25) is 4.79 Å². The molecule has 8 nitrogen and oxygen atoms in total. The van der Waals surface area contributed by atoms with Gasteiger partial charge in [0.25, 0.3) is 5.91 Å². The first-order valence-corrected chi connectivity index (χ1v) is 10.1. The Morgan fingerprint density at radius 1 is 1.03 bits per heavy atom. The normalized spacial score (nSPS) is 11.4. The van der Waals surface area contributed by atoms with Gasteiger partial charge >= 0.3 is 11.3 Å². The molecule has 0 saturated carbocycles. The molecule has 0 aliphatic heterocycles. The third-order valence-electron chi connectivity index (χ3n) is 5.36. The van der Waals surface area contributed by atoms with E-state index in [1.807, 2.05) is 13.8 Å². The molecule has 3 heterocycles. The standard InChI is InChI=1S/C24H18N2O6/c1-3-17-22-23(16-6-4-5-7-18(16)32-24(22)29)26(25-17)20(27)12-30-14-8-9-15-13(2)10-21(28)31-19(15)11-14/h4-11H,3,12H2,1-2H3. The number of ether oxygens (including phenoxy) is 1. The minimum absolute atomic E-state index is 0.294. The monoisotopic (exact) mass is 430 g/mol. The second-order valence-electron chi connectivity index (χ2n) is 7.41. The number of carbonyl (C=O) groups excluding carboxylic acids is 1. The maximum atomic E-state index is 13.1. The van der Waals surface area contributed by atoms with Crippen LogP contribution in [0.15, 0.2) is 67.0 Å². The summed E-state index contributed by atoms with van der Waals surface area (Å²) in [6.45, 7) is 3.35. The molecule has 0 unspecified atom stereocenters. The van der Waals surface area contributed by atoms with Crippen LogP contribution < -0.4 is 16.0 Å². The molecule has 0 aliphatic rings. The van der Waals surface area contributed by atoms with Gasteiger partial charge in [0.2, 0.25) is 0 Å². The van der Waals surface area contributed by atoms with Crippen LogP contribution in [0.3, 0.4) is 0 Å². The molecule has 5 aromatic rings. The van der Waals surface area contributed by atoms with Gasteiger partial charge in [-0.15, -0.1) is 0 Å². The number of aryl methyl sites for hydroxylation is 2. The molecular formula is C24H18N2O6. The van der Waals surface area contributed by atoms with Crippen LogP contribution >= 0.6 is 0 Å². The molecule has 0 aliphatic carbocycles. The minimum atomic E-state index is -0.532. The number of rotatable bonds is 4. The molecular weight excluding hydrogens is 412 g/mol. The molecule has 0 spiro atoms. The maximum Gasteiger partial charge on any atom is 0.347 e. The van der Waals surface area contributed by atoms with Gasteiger partial charge in [0.05, 0.1) is 11.2 Å². The molecule has 3 aromatic heterocycles. The average molecular weight is 430 g/mol. The van der Waals surface area contributed by atoms with Crippen molar-refractivity contribution >= 4 is 38.7 Å². The van der Waals surface area contributed by atoms with Gasteiger partial charge in [0.1, 0.15) is 22.3 Å². The third-order valence-corrected chi connectivity index (χ3v) is 5.36.